The van der Waals surface area contributed by atoms with Gasteiger partial charge in [-0.25, -0.2) is 4.39 Å². The van der Waals surface area contributed by atoms with Gasteiger partial charge < -0.3 is 5.11 Å². The summed E-state index contributed by atoms with van der Waals surface area (Å²) in [5, 5.41) is 10.2. The van der Waals surface area contributed by atoms with E-state index >= 15 is 0 Å². The molecule has 0 aliphatic heterocycles. The van der Waals surface area contributed by atoms with E-state index in [0.717, 1.165) is 17.5 Å². The van der Waals surface area contributed by atoms with Crippen molar-refractivity contribution in [1.29, 1.82) is 0 Å². The molecule has 1 nitrogen and oxygen atoms in total. The van der Waals surface area contributed by atoms with E-state index in [1.54, 1.807) is 19.1 Å². The predicted octanol–water partition coefficient (Wildman–Crippen LogP) is 3.97. The number of benzene rings is 2. The average molecular weight is 258 g/mol. The Morgan fingerprint density at radius 1 is 1.05 bits per heavy atom. The molecule has 0 amide bonds. The summed E-state index contributed by atoms with van der Waals surface area (Å²) in [6, 6.07) is 13.0. The van der Waals surface area contributed by atoms with Gasteiger partial charge in [-0.2, -0.15) is 0 Å². The normalized spacial score (nSPS) is 12.4. The van der Waals surface area contributed by atoms with Gasteiger partial charge in [-0.05, 0) is 41.7 Å². The Morgan fingerprint density at radius 2 is 1.68 bits per heavy atom. The zero-order valence-electron chi connectivity index (χ0n) is 11.4. The van der Waals surface area contributed by atoms with Crippen molar-refractivity contribution >= 4 is 0 Å². The lowest BCUT2D eigenvalue weighted by Crippen LogP contribution is -2.02. The summed E-state index contributed by atoms with van der Waals surface area (Å²) in [7, 11) is 0. The minimum Gasteiger partial charge on any atom is -0.388 e. The van der Waals surface area contributed by atoms with Gasteiger partial charge in [0.15, 0.2) is 0 Å². The molecule has 0 saturated heterocycles. The van der Waals surface area contributed by atoms with Crippen molar-refractivity contribution in [1.82, 2.24) is 0 Å². The lowest BCUT2D eigenvalue weighted by molar-refractivity contribution is 0.178. The second-order valence-corrected chi connectivity index (χ2v) is 4.90. The highest BCUT2D eigenvalue weighted by Crippen LogP contribution is 2.21. The van der Waals surface area contributed by atoms with E-state index in [2.05, 4.69) is 19.1 Å². The first-order chi connectivity index (χ1) is 9.10. The highest BCUT2D eigenvalue weighted by Gasteiger charge is 2.10. The van der Waals surface area contributed by atoms with Crippen LogP contribution in [0.25, 0.3) is 0 Å². The lowest BCUT2D eigenvalue weighted by atomic mass is 9.99. The fourth-order valence-corrected chi connectivity index (χ4v) is 2.13. The first-order valence-corrected chi connectivity index (χ1v) is 6.62. The van der Waals surface area contributed by atoms with Crippen LogP contribution in [0.4, 0.5) is 4.39 Å². The maximum absolute atomic E-state index is 13.2. The van der Waals surface area contributed by atoms with Gasteiger partial charge >= 0.3 is 0 Å². The zero-order valence-corrected chi connectivity index (χ0v) is 11.4. The number of hydrogen-bond donors (Lipinski definition) is 1. The minimum atomic E-state index is -0.591. The second-order valence-electron chi connectivity index (χ2n) is 4.90. The van der Waals surface area contributed by atoms with E-state index in [1.165, 1.54) is 11.6 Å². The summed E-state index contributed by atoms with van der Waals surface area (Å²) in [5.74, 6) is -0.233. The molecule has 1 N–H and O–H groups in total. The molecule has 2 aromatic rings. The van der Waals surface area contributed by atoms with Gasteiger partial charge in [0, 0.05) is 6.42 Å². The molecule has 0 heterocycles. The van der Waals surface area contributed by atoms with Crippen molar-refractivity contribution in [2.24, 2.45) is 0 Å². The van der Waals surface area contributed by atoms with Crippen LogP contribution in [0.3, 0.4) is 0 Å². The Balaban J connectivity index is 2.10. The molecule has 2 aromatic carbocycles. The number of hydrogen-bond acceptors (Lipinski definition) is 1. The molecule has 0 aromatic heterocycles. The zero-order chi connectivity index (χ0) is 13.8. The van der Waals surface area contributed by atoms with Gasteiger partial charge in [-0.15, -0.1) is 0 Å². The summed E-state index contributed by atoms with van der Waals surface area (Å²) < 4.78 is 13.2. The molecule has 0 bridgehead atoms. The van der Waals surface area contributed by atoms with Crippen LogP contribution in [0.5, 0.6) is 0 Å². The molecule has 1 atom stereocenters. The van der Waals surface area contributed by atoms with Crippen molar-refractivity contribution in [3.8, 4) is 0 Å². The predicted molar refractivity (Wildman–Crippen MR) is 75.6 cm³/mol. The van der Waals surface area contributed by atoms with E-state index in [0.29, 0.717) is 12.0 Å². The van der Waals surface area contributed by atoms with Gasteiger partial charge in [0.2, 0.25) is 0 Å². The summed E-state index contributed by atoms with van der Waals surface area (Å²) in [6.07, 6.45) is 0.974. The number of aliphatic hydroxyl groups excluding tert-OH is 1. The van der Waals surface area contributed by atoms with Gasteiger partial charge in [-0.1, -0.05) is 43.3 Å². The molecule has 0 aliphatic rings. The summed E-state index contributed by atoms with van der Waals surface area (Å²) in [4.78, 5) is 0. The van der Waals surface area contributed by atoms with E-state index < -0.39 is 6.10 Å². The van der Waals surface area contributed by atoms with E-state index in [-0.39, 0.29) is 5.82 Å². The maximum Gasteiger partial charge on any atom is 0.126 e. The summed E-state index contributed by atoms with van der Waals surface area (Å²) in [6.45, 7) is 3.83. The Hall–Kier alpha value is -1.67. The minimum absolute atomic E-state index is 0.233. The molecular formula is C17H19FO. The molecule has 2 heteroatoms. The SMILES string of the molecule is CCc1ccc(CC(O)c2ccc(F)c(C)c2)cc1. The molecule has 19 heavy (non-hydrogen) atoms. The lowest BCUT2D eigenvalue weighted by Gasteiger charge is -2.12. The van der Waals surface area contributed by atoms with Crippen LogP contribution in [0.2, 0.25) is 0 Å². The van der Waals surface area contributed by atoms with Crippen molar-refractivity contribution < 1.29 is 9.50 Å². The van der Waals surface area contributed by atoms with Crippen LogP contribution in [-0.4, -0.2) is 5.11 Å². The maximum atomic E-state index is 13.2. The molecule has 0 fully saturated rings. The molecule has 100 valence electrons. The molecule has 2 rings (SSSR count). The first kappa shape index (κ1) is 13.8. The van der Waals surface area contributed by atoms with E-state index in [1.807, 2.05) is 12.1 Å². The molecular weight excluding hydrogens is 239 g/mol. The van der Waals surface area contributed by atoms with Crippen LogP contribution in [0.1, 0.15) is 35.3 Å². The number of aryl methyl sites for hydroxylation is 2. The van der Waals surface area contributed by atoms with Crippen molar-refractivity contribution in [2.45, 2.75) is 32.8 Å². The Bertz CT molecular complexity index is 546. The third-order valence-electron chi connectivity index (χ3n) is 3.43. The standard InChI is InChI=1S/C17H19FO/c1-3-13-4-6-14(7-5-13)11-17(19)15-8-9-16(18)12(2)10-15/h4-10,17,19H,3,11H2,1-2H3. The molecule has 1 unspecified atom stereocenters. The van der Waals surface area contributed by atoms with Crippen molar-refractivity contribution in [2.75, 3.05) is 0 Å². The average Bonchev–Trinajstić information content (AvgIpc) is 2.42. The van der Waals surface area contributed by atoms with Crippen LogP contribution in [0.15, 0.2) is 42.5 Å². The Morgan fingerprint density at radius 3 is 2.26 bits per heavy atom. The quantitative estimate of drug-likeness (QED) is 0.879. The fourth-order valence-electron chi connectivity index (χ4n) is 2.13. The van der Waals surface area contributed by atoms with E-state index in [9.17, 15) is 9.50 Å². The Labute approximate surface area is 113 Å². The third-order valence-corrected chi connectivity index (χ3v) is 3.43. The molecule has 0 radical (unpaired) electrons. The van der Waals surface area contributed by atoms with Crippen LogP contribution < -0.4 is 0 Å². The number of aliphatic hydroxyl groups is 1. The van der Waals surface area contributed by atoms with Gasteiger partial charge in [0.25, 0.3) is 0 Å². The molecule has 0 aliphatic carbocycles. The van der Waals surface area contributed by atoms with E-state index in [4.69, 9.17) is 0 Å². The number of halogens is 1. The van der Waals surface area contributed by atoms with Crippen molar-refractivity contribution in [3.63, 3.8) is 0 Å². The molecule has 0 spiro atoms. The summed E-state index contributed by atoms with van der Waals surface area (Å²) >= 11 is 0. The van der Waals surface area contributed by atoms with Gasteiger partial charge in [-0.3, -0.25) is 0 Å². The van der Waals surface area contributed by atoms with Crippen LogP contribution in [0, 0.1) is 12.7 Å². The largest absolute Gasteiger partial charge is 0.388 e. The fraction of sp³-hybridized carbons (Fsp3) is 0.294. The smallest absolute Gasteiger partial charge is 0.126 e. The summed E-state index contributed by atoms with van der Waals surface area (Å²) in [5.41, 5.74) is 3.71. The van der Waals surface area contributed by atoms with Gasteiger partial charge in [0.1, 0.15) is 5.82 Å². The molecule has 0 saturated carbocycles. The second kappa shape index (κ2) is 5.98. The highest BCUT2D eigenvalue weighted by molar-refractivity contribution is 5.28. The monoisotopic (exact) mass is 258 g/mol. The topological polar surface area (TPSA) is 20.2 Å². The Kier molecular flexibility index (Phi) is 4.33. The third kappa shape index (κ3) is 3.42. The first-order valence-electron chi connectivity index (χ1n) is 6.62. The highest BCUT2D eigenvalue weighted by atomic mass is 19.1. The van der Waals surface area contributed by atoms with Crippen LogP contribution in [-0.2, 0) is 12.8 Å². The van der Waals surface area contributed by atoms with Crippen molar-refractivity contribution in [3.05, 3.63) is 70.5 Å². The van der Waals surface area contributed by atoms with Crippen LogP contribution >= 0.6 is 0 Å². The number of rotatable bonds is 4. The van der Waals surface area contributed by atoms with Gasteiger partial charge in [0.05, 0.1) is 6.10 Å².